The highest BCUT2D eigenvalue weighted by Crippen LogP contribution is 2.38. The lowest BCUT2D eigenvalue weighted by Gasteiger charge is -2.19. The van der Waals surface area contributed by atoms with Crippen molar-refractivity contribution in [3.63, 3.8) is 0 Å². The summed E-state index contributed by atoms with van der Waals surface area (Å²) < 4.78 is 0. The summed E-state index contributed by atoms with van der Waals surface area (Å²) in [4.78, 5) is 38.5. The van der Waals surface area contributed by atoms with E-state index in [1.807, 2.05) is 54.6 Å². The number of hydrogen-bond acceptors (Lipinski definition) is 3. The molecule has 2 aliphatic rings. The number of nitrogens with one attached hydrogen (secondary N) is 1. The van der Waals surface area contributed by atoms with E-state index < -0.39 is 0 Å². The van der Waals surface area contributed by atoms with Gasteiger partial charge in [0.2, 0.25) is 17.7 Å². The van der Waals surface area contributed by atoms with Gasteiger partial charge in [-0.1, -0.05) is 55.3 Å². The summed E-state index contributed by atoms with van der Waals surface area (Å²) in [7, 11) is 0. The summed E-state index contributed by atoms with van der Waals surface area (Å²) in [5, 5.41) is 2.85. The van der Waals surface area contributed by atoms with Gasteiger partial charge in [0.1, 0.15) is 0 Å². The van der Waals surface area contributed by atoms with Gasteiger partial charge in [0.15, 0.2) is 0 Å². The molecule has 2 fully saturated rings. The average molecular weight is 376 g/mol. The largest absolute Gasteiger partial charge is 0.326 e. The Morgan fingerprint density at radius 2 is 1.43 bits per heavy atom. The predicted octanol–water partition coefficient (Wildman–Crippen LogP) is 3.86. The lowest BCUT2D eigenvalue weighted by molar-refractivity contribution is -0.140. The number of hydrogen-bond donors (Lipinski definition) is 1. The predicted molar refractivity (Wildman–Crippen MR) is 107 cm³/mol. The molecule has 1 N–H and O–H groups in total. The molecule has 5 heteroatoms. The molecule has 3 amide bonds. The number of nitrogens with zero attached hydrogens (tertiary/aromatic N) is 1. The molecule has 1 saturated carbocycles. The SMILES string of the molecule is O=C(CCN1C(=O)[C@@H]2CCCC[C@H]2C1=O)Nc1ccc(-c2ccccc2)cc1. The molecule has 0 aromatic heterocycles. The molecule has 2 aromatic rings. The van der Waals surface area contributed by atoms with Gasteiger partial charge in [-0.3, -0.25) is 19.3 Å². The molecule has 4 rings (SSSR count). The normalized spacial score (nSPS) is 21.5. The summed E-state index contributed by atoms with van der Waals surface area (Å²) in [6.45, 7) is 0.165. The van der Waals surface area contributed by atoms with Crippen LogP contribution in [0.3, 0.4) is 0 Å². The number of amides is 3. The first-order chi connectivity index (χ1) is 13.6. The third-order valence-electron chi connectivity index (χ3n) is 5.77. The lowest BCUT2D eigenvalue weighted by Crippen LogP contribution is -2.34. The van der Waals surface area contributed by atoms with Crippen molar-refractivity contribution in [2.45, 2.75) is 32.1 Å². The van der Waals surface area contributed by atoms with Crippen LogP contribution >= 0.6 is 0 Å². The van der Waals surface area contributed by atoms with Gasteiger partial charge >= 0.3 is 0 Å². The maximum Gasteiger partial charge on any atom is 0.233 e. The molecule has 0 bridgehead atoms. The molecule has 0 radical (unpaired) electrons. The van der Waals surface area contributed by atoms with Gasteiger partial charge in [0.05, 0.1) is 11.8 Å². The lowest BCUT2D eigenvalue weighted by atomic mass is 9.81. The molecule has 28 heavy (non-hydrogen) atoms. The second-order valence-electron chi connectivity index (χ2n) is 7.57. The van der Waals surface area contributed by atoms with E-state index in [4.69, 9.17) is 0 Å². The molecule has 1 saturated heterocycles. The zero-order valence-electron chi connectivity index (χ0n) is 15.8. The van der Waals surface area contributed by atoms with E-state index in [1.54, 1.807) is 0 Å². The van der Waals surface area contributed by atoms with Crippen LogP contribution in [-0.2, 0) is 14.4 Å². The van der Waals surface area contributed by atoms with Crippen LogP contribution in [0.4, 0.5) is 5.69 Å². The van der Waals surface area contributed by atoms with Gasteiger partial charge < -0.3 is 5.32 Å². The highest BCUT2D eigenvalue weighted by molar-refractivity contribution is 6.05. The molecule has 0 spiro atoms. The van der Waals surface area contributed by atoms with Crippen molar-refractivity contribution in [2.75, 3.05) is 11.9 Å². The maximum absolute atomic E-state index is 12.5. The molecule has 0 unspecified atom stereocenters. The van der Waals surface area contributed by atoms with Crippen molar-refractivity contribution in [3.8, 4) is 11.1 Å². The summed E-state index contributed by atoms with van der Waals surface area (Å²) in [5.41, 5.74) is 2.90. The summed E-state index contributed by atoms with van der Waals surface area (Å²) in [6.07, 6.45) is 3.73. The van der Waals surface area contributed by atoms with Crippen molar-refractivity contribution < 1.29 is 14.4 Å². The van der Waals surface area contributed by atoms with Crippen molar-refractivity contribution in [2.24, 2.45) is 11.8 Å². The fourth-order valence-corrected chi connectivity index (χ4v) is 4.26. The first-order valence-corrected chi connectivity index (χ1v) is 9.94. The highest BCUT2D eigenvalue weighted by Gasteiger charge is 2.47. The highest BCUT2D eigenvalue weighted by atomic mass is 16.2. The van der Waals surface area contributed by atoms with Crippen LogP contribution in [0.5, 0.6) is 0 Å². The molecular weight excluding hydrogens is 352 g/mol. The second kappa shape index (κ2) is 7.97. The average Bonchev–Trinajstić information content (AvgIpc) is 2.98. The standard InChI is InChI=1S/C23H24N2O3/c26-21(14-15-25-22(27)19-8-4-5-9-20(19)23(25)28)24-18-12-10-17(11-13-18)16-6-2-1-3-7-16/h1-3,6-7,10-13,19-20H,4-5,8-9,14-15H2,(H,24,26)/t19-,20-/m1/s1. The van der Waals surface area contributed by atoms with Crippen molar-refractivity contribution in [1.29, 1.82) is 0 Å². The third kappa shape index (κ3) is 3.70. The molecule has 2 atom stereocenters. The minimum Gasteiger partial charge on any atom is -0.326 e. The summed E-state index contributed by atoms with van der Waals surface area (Å²) >= 11 is 0. The van der Waals surface area contributed by atoms with Crippen LogP contribution in [-0.4, -0.2) is 29.2 Å². The number of rotatable bonds is 5. The fraction of sp³-hybridized carbons (Fsp3) is 0.348. The minimum atomic E-state index is -0.192. The van der Waals surface area contributed by atoms with E-state index in [1.165, 1.54) is 4.90 Å². The van der Waals surface area contributed by atoms with Crippen molar-refractivity contribution in [3.05, 3.63) is 54.6 Å². The molecule has 2 aromatic carbocycles. The Morgan fingerprint density at radius 1 is 0.857 bits per heavy atom. The topological polar surface area (TPSA) is 66.5 Å². The van der Waals surface area contributed by atoms with Crippen molar-refractivity contribution >= 4 is 23.4 Å². The maximum atomic E-state index is 12.5. The van der Waals surface area contributed by atoms with E-state index >= 15 is 0 Å². The fourth-order valence-electron chi connectivity index (χ4n) is 4.26. The van der Waals surface area contributed by atoms with Gasteiger partial charge in [-0.15, -0.1) is 0 Å². The third-order valence-corrected chi connectivity index (χ3v) is 5.77. The van der Waals surface area contributed by atoms with E-state index in [9.17, 15) is 14.4 Å². The smallest absolute Gasteiger partial charge is 0.233 e. The Balaban J connectivity index is 1.32. The Labute approximate surface area is 164 Å². The van der Waals surface area contributed by atoms with E-state index in [2.05, 4.69) is 5.32 Å². The van der Waals surface area contributed by atoms with E-state index in [-0.39, 0.29) is 42.5 Å². The van der Waals surface area contributed by atoms with Crippen LogP contribution in [0.1, 0.15) is 32.1 Å². The molecular formula is C23H24N2O3. The number of fused-ring (bicyclic) bond motifs is 1. The number of likely N-dealkylation sites (tertiary alicyclic amines) is 1. The number of anilines is 1. The minimum absolute atomic E-state index is 0.0882. The van der Waals surface area contributed by atoms with Gasteiger partial charge in [0, 0.05) is 18.7 Å². The molecule has 1 aliphatic carbocycles. The van der Waals surface area contributed by atoms with E-state index in [0.717, 1.165) is 36.8 Å². The molecule has 5 nitrogen and oxygen atoms in total. The van der Waals surface area contributed by atoms with Crippen LogP contribution in [0.15, 0.2) is 54.6 Å². The zero-order valence-corrected chi connectivity index (χ0v) is 15.8. The zero-order chi connectivity index (χ0) is 19.5. The number of carbonyl (C=O) groups is 3. The Kier molecular flexibility index (Phi) is 5.24. The number of benzene rings is 2. The molecule has 1 aliphatic heterocycles. The van der Waals surface area contributed by atoms with Crippen molar-refractivity contribution in [1.82, 2.24) is 4.90 Å². The second-order valence-corrected chi connectivity index (χ2v) is 7.57. The van der Waals surface area contributed by atoms with Gasteiger partial charge in [-0.2, -0.15) is 0 Å². The Morgan fingerprint density at radius 3 is 2.04 bits per heavy atom. The Bertz CT molecular complexity index is 852. The summed E-state index contributed by atoms with van der Waals surface area (Å²) in [5.74, 6) is -0.683. The monoisotopic (exact) mass is 376 g/mol. The molecule has 144 valence electrons. The van der Waals surface area contributed by atoms with Gasteiger partial charge in [0.25, 0.3) is 0 Å². The van der Waals surface area contributed by atoms with Crippen LogP contribution in [0.2, 0.25) is 0 Å². The summed E-state index contributed by atoms with van der Waals surface area (Å²) in [6, 6.07) is 17.7. The van der Waals surface area contributed by atoms with Crippen LogP contribution in [0, 0.1) is 11.8 Å². The number of carbonyl (C=O) groups excluding carboxylic acids is 3. The van der Waals surface area contributed by atoms with Crippen LogP contribution in [0.25, 0.3) is 11.1 Å². The Hall–Kier alpha value is -2.95. The first-order valence-electron chi connectivity index (χ1n) is 9.94. The quantitative estimate of drug-likeness (QED) is 0.806. The van der Waals surface area contributed by atoms with Crippen LogP contribution < -0.4 is 5.32 Å². The van der Waals surface area contributed by atoms with Gasteiger partial charge in [-0.05, 0) is 36.1 Å². The number of imide groups is 1. The van der Waals surface area contributed by atoms with E-state index in [0.29, 0.717) is 5.69 Å². The first kappa shape index (κ1) is 18.4. The van der Waals surface area contributed by atoms with Gasteiger partial charge in [-0.25, -0.2) is 0 Å². The molecule has 1 heterocycles.